The minimum Gasteiger partial charge on any atom is -0.386 e. The summed E-state index contributed by atoms with van der Waals surface area (Å²) in [5.41, 5.74) is 2.36. The number of carbonyl (C=O) groups is 1. The third-order valence-electron chi connectivity index (χ3n) is 3.64. The topological polar surface area (TPSA) is 64.9 Å². The molecule has 4 nitrogen and oxygen atoms in total. The molecule has 0 aliphatic heterocycles. The number of rotatable bonds is 6. The second-order valence-electron chi connectivity index (χ2n) is 5.88. The number of nitrogens with zero attached hydrogens (tertiary/aromatic N) is 1. The Bertz CT molecular complexity index is 822. The van der Waals surface area contributed by atoms with Gasteiger partial charge in [0.15, 0.2) is 0 Å². The van der Waals surface area contributed by atoms with Crippen molar-refractivity contribution in [3.05, 3.63) is 77.2 Å². The van der Waals surface area contributed by atoms with Crippen molar-refractivity contribution in [2.45, 2.75) is 26.3 Å². The molecular formula is C20H20FN3O. The predicted octanol–water partition coefficient (Wildman–Crippen LogP) is 4.08. The number of hydrogen-bond acceptors (Lipinski definition) is 3. The van der Waals surface area contributed by atoms with Crippen LogP contribution in [-0.4, -0.2) is 5.91 Å². The quantitative estimate of drug-likeness (QED) is 0.616. The zero-order chi connectivity index (χ0) is 18.2. The molecule has 0 heterocycles. The van der Waals surface area contributed by atoms with E-state index in [0.29, 0.717) is 12.2 Å². The molecular weight excluding hydrogens is 317 g/mol. The van der Waals surface area contributed by atoms with Crippen LogP contribution < -0.4 is 10.6 Å². The van der Waals surface area contributed by atoms with E-state index in [9.17, 15) is 14.4 Å². The highest BCUT2D eigenvalue weighted by Gasteiger charge is 2.12. The van der Waals surface area contributed by atoms with Crippen molar-refractivity contribution in [1.29, 1.82) is 5.26 Å². The number of carbonyl (C=O) groups excluding carboxylic acids is 1. The Balaban J connectivity index is 2.05. The molecule has 25 heavy (non-hydrogen) atoms. The van der Waals surface area contributed by atoms with Gasteiger partial charge in [0.1, 0.15) is 17.5 Å². The van der Waals surface area contributed by atoms with Crippen LogP contribution in [0.25, 0.3) is 0 Å². The van der Waals surface area contributed by atoms with Gasteiger partial charge in [0, 0.05) is 18.4 Å². The summed E-state index contributed by atoms with van der Waals surface area (Å²) in [7, 11) is 0. The molecule has 0 aliphatic carbocycles. The van der Waals surface area contributed by atoms with Crippen LogP contribution in [0.3, 0.4) is 0 Å². The lowest BCUT2D eigenvalue weighted by Gasteiger charge is -2.13. The van der Waals surface area contributed by atoms with E-state index in [-0.39, 0.29) is 17.3 Å². The lowest BCUT2D eigenvalue weighted by atomic mass is 10.0. The Hall–Kier alpha value is -3.13. The maximum absolute atomic E-state index is 13.1. The molecule has 5 heteroatoms. The minimum atomic E-state index is -0.484. The van der Waals surface area contributed by atoms with Gasteiger partial charge in [-0.25, -0.2) is 4.39 Å². The van der Waals surface area contributed by atoms with E-state index >= 15 is 0 Å². The third-order valence-corrected chi connectivity index (χ3v) is 3.64. The SMILES string of the molecule is CC(C)c1ccccc1NC(=O)/C(C#N)=C\NCc1cccc(F)c1. The van der Waals surface area contributed by atoms with Crippen molar-refractivity contribution in [2.75, 3.05) is 5.32 Å². The highest BCUT2D eigenvalue weighted by molar-refractivity contribution is 6.06. The number of anilines is 1. The van der Waals surface area contributed by atoms with Gasteiger partial charge in [0.05, 0.1) is 0 Å². The summed E-state index contributed by atoms with van der Waals surface area (Å²) in [6, 6.07) is 15.5. The van der Waals surface area contributed by atoms with Crippen LogP contribution in [0.5, 0.6) is 0 Å². The van der Waals surface area contributed by atoms with Gasteiger partial charge in [-0.15, -0.1) is 0 Å². The van der Waals surface area contributed by atoms with Crippen molar-refractivity contribution in [1.82, 2.24) is 5.32 Å². The lowest BCUT2D eigenvalue weighted by molar-refractivity contribution is -0.112. The molecule has 0 aromatic heterocycles. The van der Waals surface area contributed by atoms with Gasteiger partial charge in [-0.1, -0.05) is 44.2 Å². The molecule has 2 aromatic carbocycles. The Kier molecular flexibility index (Phi) is 6.30. The molecule has 0 bridgehead atoms. The van der Waals surface area contributed by atoms with Crippen molar-refractivity contribution < 1.29 is 9.18 Å². The van der Waals surface area contributed by atoms with Crippen LogP contribution in [0, 0.1) is 17.1 Å². The summed E-state index contributed by atoms with van der Waals surface area (Å²) in [5.74, 6) is -0.564. The number of halogens is 1. The van der Waals surface area contributed by atoms with Gasteiger partial charge in [-0.2, -0.15) is 5.26 Å². The molecule has 0 spiro atoms. The number of benzene rings is 2. The van der Waals surface area contributed by atoms with Gasteiger partial charge in [0.25, 0.3) is 5.91 Å². The number of hydrogen-bond donors (Lipinski definition) is 2. The summed E-state index contributed by atoms with van der Waals surface area (Å²) in [4.78, 5) is 12.3. The molecule has 0 radical (unpaired) electrons. The second-order valence-corrected chi connectivity index (χ2v) is 5.88. The van der Waals surface area contributed by atoms with Crippen molar-refractivity contribution in [3.8, 4) is 6.07 Å². The molecule has 0 fully saturated rings. The average Bonchev–Trinajstić information content (AvgIpc) is 2.59. The normalized spacial score (nSPS) is 11.1. The van der Waals surface area contributed by atoms with Crippen LogP contribution >= 0.6 is 0 Å². The highest BCUT2D eigenvalue weighted by atomic mass is 19.1. The van der Waals surface area contributed by atoms with E-state index in [1.165, 1.54) is 18.3 Å². The van der Waals surface area contributed by atoms with Crippen LogP contribution in [0.2, 0.25) is 0 Å². The van der Waals surface area contributed by atoms with Crippen molar-refractivity contribution in [3.63, 3.8) is 0 Å². The molecule has 0 aliphatic rings. The molecule has 2 rings (SSSR count). The first-order valence-corrected chi connectivity index (χ1v) is 7.99. The van der Waals surface area contributed by atoms with E-state index in [2.05, 4.69) is 10.6 Å². The Morgan fingerprint density at radius 3 is 2.68 bits per heavy atom. The van der Waals surface area contributed by atoms with Gasteiger partial charge in [-0.05, 0) is 35.2 Å². The second kappa shape index (κ2) is 8.65. The Morgan fingerprint density at radius 1 is 1.24 bits per heavy atom. The molecule has 0 saturated carbocycles. The predicted molar refractivity (Wildman–Crippen MR) is 96.1 cm³/mol. The number of para-hydroxylation sites is 1. The molecule has 2 aromatic rings. The minimum absolute atomic E-state index is 0.0463. The molecule has 128 valence electrons. The lowest BCUT2D eigenvalue weighted by Crippen LogP contribution is -2.17. The van der Waals surface area contributed by atoms with E-state index in [1.54, 1.807) is 12.1 Å². The van der Waals surface area contributed by atoms with Crippen LogP contribution in [-0.2, 0) is 11.3 Å². The summed E-state index contributed by atoms with van der Waals surface area (Å²) >= 11 is 0. The fraction of sp³-hybridized carbons (Fsp3) is 0.200. The largest absolute Gasteiger partial charge is 0.386 e. The van der Waals surface area contributed by atoms with Crippen LogP contribution in [0.15, 0.2) is 60.3 Å². The monoisotopic (exact) mass is 337 g/mol. The summed E-state index contributed by atoms with van der Waals surface area (Å²) in [5, 5.41) is 14.9. The fourth-order valence-electron chi connectivity index (χ4n) is 2.37. The van der Waals surface area contributed by atoms with Gasteiger partial charge >= 0.3 is 0 Å². The van der Waals surface area contributed by atoms with E-state index in [4.69, 9.17) is 0 Å². The maximum atomic E-state index is 13.1. The summed E-state index contributed by atoms with van der Waals surface area (Å²) < 4.78 is 13.1. The fourth-order valence-corrected chi connectivity index (χ4v) is 2.37. The Morgan fingerprint density at radius 2 is 2.00 bits per heavy atom. The third kappa shape index (κ3) is 5.18. The molecule has 1 amide bonds. The molecule has 0 saturated heterocycles. The highest BCUT2D eigenvalue weighted by Crippen LogP contribution is 2.23. The summed E-state index contributed by atoms with van der Waals surface area (Å²) in [6.07, 6.45) is 1.35. The van der Waals surface area contributed by atoms with Crippen LogP contribution in [0.1, 0.15) is 30.9 Å². The van der Waals surface area contributed by atoms with Gasteiger partial charge in [-0.3, -0.25) is 4.79 Å². The number of amides is 1. The number of nitrogens with one attached hydrogen (secondary N) is 2. The molecule has 0 unspecified atom stereocenters. The van der Waals surface area contributed by atoms with Crippen LogP contribution in [0.4, 0.5) is 10.1 Å². The van der Waals surface area contributed by atoms with Gasteiger partial charge < -0.3 is 10.6 Å². The zero-order valence-electron chi connectivity index (χ0n) is 14.2. The first-order chi connectivity index (χ1) is 12.0. The Labute approximate surface area is 147 Å². The van der Waals surface area contributed by atoms with E-state index in [0.717, 1.165) is 11.1 Å². The molecule has 0 atom stereocenters. The smallest absolute Gasteiger partial charge is 0.267 e. The van der Waals surface area contributed by atoms with E-state index in [1.807, 2.05) is 44.2 Å². The van der Waals surface area contributed by atoms with Gasteiger partial charge in [0.2, 0.25) is 0 Å². The zero-order valence-corrected chi connectivity index (χ0v) is 14.2. The first-order valence-electron chi connectivity index (χ1n) is 7.99. The maximum Gasteiger partial charge on any atom is 0.267 e. The van der Waals surface area contributed by atoms with Crippen molar-refractivity contribution >= 4 is 11.6 Å². The number of nitriles is 1. The standard InChI is InChI=1S/C20H20FN3O/c1-14(2)18-8-3-4-9-19(18)24-20(25)16(11-22)13-23-12-15-6-5-7-17(21)10-15/h3-10,13-14,23H,12H2,1-2H3,(H,24,25)/b16-13-. The average molecular weight is 337 g/mol. The van der Waals surface area contributed by atoms with Crippen molar-refractivity contribution in [2.24, 2.45) is 0 Å². The molecule has 2 N–H and O–H groups in total. The first kappa shape index (κ1) is 18.2. The van der Waals surface area contributed by atoms with E-state index < -0.39 is 5.91 Å². The summed E-state index contributed by atoms with van der Waals surface area (Å²) in [6.45, 7) is 4.39.